The van der Waals surface area contributed by atoms with Gasteiger partial charge in [0.05, 0.1) is 0 Å². The molecule has 2 N–H and O–H groups in total. The van der Waals surface area contributed by atoms with Gasteiger partial charge in [0.15, 0.2) is 0 Å². The number of pyridine rings is 1. The fourth-order valence-corrected chi connectivity index (χ4v) is 3.07. The maximum atomic E-state index is 12.3. The second-order valence-electron chi connectivity index (χ2n) is 6.10. The lowest BCUT2D eigenvalue weighted by Gasteiger charge is -2.27. The van der Waals surface area contributed by atoms with E-state index < -0.39 is 0 Å². The maximum Gasteiger partial charge on any atom is 0.251 e. The first-order valence-corrected chi connectivity index (χ1v) is 8.17. The molecular weight excluding hydrogens is 262 g/mol. The van der Waals surface area contributed by atoms with Crippen molar-refractivity contribution in [2.45, 2.75) is 52.4 Å². The van der Waals surface area contributed by atoms with Gasteiger partial charge in [-0.05, 0) is 43.2 Å². The summed E-state index contributed by atoms with van der Waals surface area (Å²) in [4.78, 5) is 16.6. The van der Waals surface area contributed by atoms with E-state index in [0.717, 1.165) is 31.7 Å². The Bertz CT molecular complexity index is 467. The van der Waals surface area contributed by atoms with Crippen molar-refractivity contribution in [3.05, 3.63) is 23.9 Å². The zero-order chi connectivity index (χ0) is 15.1. The molecule has 1 saturated carbocycles. The first-order chi connectivity index (χ1) is 10.2. The summed E-state index contributed by atoms with van der Waals surface area (Å²) in [5, 5.41) is 6.34. The van der Waals surface area contributed by atoms with Gasteiger partial charge in [0.2, 0.25) is 0 Å². The molecule has 1 fully saturated rings. The van der Waals surface area contributed by atoms with Gasteiger partial charge in [-0.25, -0.2) is 4.98 Å². The van der Waals surface area contributed by atoms with Crippen LogP contribution in [0.1, 0.15) is 62.7 Å². The average Bonchev–Trinajstić information content (AvgIpc) is 3.00. The second kappa shape index (κ2) is 7.43. The van der Waals surface area contributed by atoms with Crippen LogP contribution >= 0.6 is 0 Å². The highest BCUT2D eigenvalue weighted by atomic mass is 16.1. The Morgan fingerprint density at radius 1 is 1.33 bits per heavy atom. The number of carbonyl (C=O) groups excluding carboxylic acids is 1. The first kappa shape index (κ1) is 15.8. The maximum absolute atomic E-state index is 12.3. The highest BCUT2D eigenvalue weighted by Gasteiger charge is 2.32. The van der Waals surface area contributed by atoms with E-state index >= 15 is 0 Å². The van der Waals surface area contributed by atoms with Crippen LogP contribution in [0.3, 0.4) is 0 Å². The van der Waals surface area contributed by atoms with Crippen molar-refractivity contribution in [2.24, 2.45) is 5.41 Å². The number of rotatable bonds is 7. The van der Waals surface area contributed by atoms with Crippen molar-refractivity contribution in [2.75, 3.05) is 18.4 Å². The van der Waals surface area contributed by atoms with Crippen LogP contribution in [-0.2, 0) is 0 Å². The van der Waals surface area contributed by atoms with E-state index in [2.05, 4.69) is 29.5 Å². The third-order valence-corrected chi connectivity index (χ3v) is 4.62. The number of nitrogens with zero attached hydrogens (tertiary/aromatic N) is 1. The van der Waals surface area contributed by atoms with Gasteiger partial charge in [0, 0.05) is 24.8 Å². The minimum atomic E-state index is 0.0108. The van der Waals surface area contributed by atoms with Crippen molar-refractivity contribution in [1.82, 2.24) is 10.3 Å². The third kappa shape index (κ3) is 4.19. The van der Waals surface area contributed by atoms with E-state index in [9.17, 15) is 4.79 Å². The molecule has 0 spiro atoms. The second-order valence-corrected chi connectivity index (χ2v) is 6.10. The average molecular weight is 289 g/mol. The minimum Gasteiger partial charge on any atom is -0.370 e. The predicted octanol–water partition coefficient (Wildman–Crippen LogP) is 3.60. The number of nitrogens with one attached hydrogen (secondary N) is 2. The van der Waals surface area contributed by atoms with Crippen LogP contribution in [-0.4, -0.2) is 24.0 Å². The Balaban J connectivity index is 1.93. The van der Waals surface area contributed by atoms with Gasteiger partial charge in [-0.2, -0.15) is 0 Å². The largest absolute Gasteiger partial charge is 0.370 e. The lowest BCUT2D eigenvalue weighted by Crippen LogP contribution is -2.35. The van der Waals surface area contributed by atoms with Gasteiger partial charge in [-0.15, -0.1) is 0 Å². The summed E-state index contributed by atoms with van der Waals surface area (Å²) in [5.74, 6) is 0.784. The molecule has 1 heterocycles. The van der Waals surface area contributed by atoms with Crippen LogP contribution in [0.5, 0.6) is 0 Å². The molecule has 21 heavy (non-hydrogen) atoms. The molecule has 2 rings (SSSR count). The Kier molecular flexibility index (Phi) is 5.59. The molecule has 116 valence electrons. The standard InChI is InChI=1S/C17H27N3O/c1-3-10-18-15-12-14(7-11-19-15)16(21)20-13-17(4-2)8-5-6-9-17/h7,11-12H,3-6,8-10,13H2,1-2H3,(H,18,19)(H,20,21). The molecular formula is C17H27N3O. The zero-order valence-electron chi connectivity index (χ0n) is 13.2. The lowest BCUT2D eigenvalue weighted by atomic mass is 9.83. The van der Waals surface area contributed by atoms with Gasteiger partial charge in [0.25, 0.3) is 5.91 Å². The molecule has 1 aliphatic rings. The van der Waals surface area contributed by atoms with Gasteiger partial charge < -0.3 is 10.6 Å². The summed E-state index contributed by atoms with van der Waals surface area (Å²) in [6, 6.07) is 3.61. The summed E-state index contributed by atoms with van der Waals surface area (Å²) >= 11 is 0. The van der Waals surface area contributed by atoms with Crippen LogP contribution in [0.25, 0.3) is 0 Å². The summed E-state index contributed by atoms with van der Waals surface area (Å²) < 4.78 is 0. The van der Waals surface area contributed by atoms with Crippen molar-refractivity contribution in [3.8, 4) is 0 Å². The number of carbonyl (C=O) groups is 1. The Morgan fingerprint density at radius 3 is 2.76 bits per heavy atom. The van der Waals surface area contributed by atoms with E-state index in [1.54, 1.807) is 12.3 Å². The number of hydrogen-bond acceptors (Lipinski definition) is 3. The van der Waals surface area contributed by atoms with Crippen molar-refractivity contribution in [1.29, 1.82) is 0 Å². The quantitative estimate of drug-likeness (QED) is 0.806. The molecule has 1 aromatic rings. The fourth-order valence-electron chi connectivity index (χ4n) is 3.07. The summed E-state index contributed by atoms with van der Waals surface area (Å²) in [6.45, 7) is 6.01. The number of amides is 1. The molecule has 0 aromatic carbocycles. The highest BCUT2D eigenvalue weighted by Crippen LogP contribution is 2.40. The molecule has 4 nitrogen and oxygen atoms in total. The Morgan fingerprint density at radius 2 is 2.10 bits per heavy atom. The topological polar surface area (TPSA) is 54.0 Å². The van der Waals surface area contributed by atoms with Crippen LogP contribution in [0.15, 0.2) is 18.3 Å². The summed E-state index contributed by atoms with van der Waals surface area (Å²) in [6.07, 6.45) is 8.95. The lowest BCUT2D eigenvalue weighted by molar-refractivity contribution is 0.0928. The molecule has 0 saturated heterocycles. The van der Waals surface area contributed by atoms with Gasteiger partial charge in [-0.1, -0.05) is 26.7 Å². The first-order valence-electron chi connectivity index (χ1n) is 8.17. The van der Waals surface area contributed by atoms with Crippen molar-refractivity contribution >= 4 is 11.7 Å². The molecule has 1 amide bonds. The SMILES string of the molecule is CCCNc1cc(C(=O)NCC2(CC)CCCC2)ccn1. The number of anilines is 1. The van der Waals surface area contributed by atoms with E-state index in [1.165, 1.54) is 25.7 Å². The molecule has 0 unspecified atom stereocenters. The predicted molar refractivity (Wildman–Crippen MR) is 86.5 cm³/mol. The fraction of sp³-hybridized carbons (Fsp3) is 0.647. The molecule has 1 aromatic heterocycles. The molecule has 0 aliphatic heterocycles. The van der Waals surface area contributed by atoms with Crippen LogP contribution in [0, 0.1) is 5.41 Å². The zero-order valence-corrected chi connectivity index (χ0v) is 13.2. The van der Waals surface area contributed by atoms with E-state index in [4.69, 9.17) is 0 Å². The van der Waals surface area contributed by atoms with Gasteiger partial charge in [-0.3, -0.25) is 4.79 Å². The van der Waals surface area contributed by atoms with E-state index in [0.29, 0.717) is 11.0 Å². The normalized spacial score (nSPS) is 16.7. The number of hydrogen-bond donors (Lipinski definition) is 2. The van der Waals surface area contributed by atoms with Crippen molar-refractivity contribution in [3.63, 3.8) is 0 Å². The van der Waals surface area contributed by atoms with Gasteiger partial charge >= 0.3 is 0 Å². The van der Waals surface area contributed by atoms with E-state index in [1.807, 2.05) is 6.07 Å². The highest BCUT2D eigenvalue weighted by molar-refractivity contribution is 5.94. The van der Waals surface area contributed by atoms with Gasteiger partial charge in [0.1, 0.15) is 5.82 Å². The Labute approximate surface area is 127 Å². The summed E-state index contributed by atoms with van der Waals surface area (Å²) in [5.41, 5.74) is 1.01. The molecule has 0 atom stereocenters. The Hall–Kier alpha value is -1.58. The number of aromatic nitrogens is 1. The minimum absolute atomic E-state index is 0.0108. The van der Waals surface area contributed by atoms with Crippen LogP contribution in [0.2, 0.25) is 0 Å². The monoisotopic (exact) mass is 289 g/mol. The molecule has 4 heteroatoms. The summed E-state index contributed by atoms with van der Waals surface area (Å²) in [7, 11) is 0. The van der Waals surface area contributed by atoms with E-state index in [-0.39, 0.29) is 5.91 Å². The smallest absolute Gasteiger partial charge is 0.251 e. The third-order valence-electron chi connectivity index (χ3n) is 4.62. The molecule has 0 radical (unpaired) electrons. The molecule has 0 bridgehead atoms. The van der Waals surface area contributed by atoms with Crippen LogP contribution in [0.4, 0.5) is 5.82 Å². The van der Waals surface area contributed by atoms with Crippen LogP contribution < -0.4 is 10.6 Å². The molecule has 1 aliphatic carbocycles. The van der Waals surface area contributed by atoms with Crippen molar-refractivity contribution < 1.29 is 4.79 Å².